The first-order chi connectivity index (χ1) is 14.2. The van der Waals surface area contributed by atoms with E-state index >= 15 is 0 Å². The number of rotatable bonds is 8. The Morgan fingerprint density at radius 1 is 0.867 bits per heavy atom. The van der Waals surface area contributed by atoms with Gasteiger partial charge in [-0.2, -0.15) is 0 Å². The van der Waals surface area contributed by atoms with Crippen molar-refractivity contribution in [2.24, 2.45) is 0 Å². The zero-order chi connectivity index (χ0) is 22.3. The van der Waals surface area contributed by atoms with Crippen LogP contribution >= 0.6 is 0 Å². The van der Waals surface area contributed by atoms with Gasteiger partial charge in [0.2, 0.25) is 0 Å². The van der Waals surface area contributed by atoms with Crippen molar-refractivity contribution in [3.63, 3.8) is 0 Å². The number of halogens is 1. The zero-order valence-electron chi connectivity index (χ0n) is 16.7. The Bertz CT molecular complexity index is 991. The Balaban J connectivity index is 1.97. The van der Waals surface area contributed by atoms with Crippen LogP contribution in [0.1, 0.15) is 20.3 Å². The van der Waals surface area contributed by atoms with Gasteiger partial charge in [0.15, 0.2) is 11.6 Å². The Labute approximate surface area is 173 Å². The molecule has 0 bridgehead atoms. The van der Waals surface area contributed by atoms with Gasteiger partial charge in [0, 0.05) is 11.1 Å². The fraction of sp³-hybridized carbons (Fsp3) is 0.174. The van der Waals surface area contributed by atoms with Crippen molar-refractivity contribution < 1.29 is 33.0 Å². The van der Waals surface area contributed by atoms with Crippen LogP contribution in [0.15, 0.2) is 66.8 Å². The van der Waals surface area contributed by atoms with Crippen LogP contribution in [0, 0.1) is 5.82 Å². The van der Waals surface area contributed by atoms with E-state index < -0.39 is 23.7 Å². The molecule has 30 heavy (non-hydrogen) atoms. The van der Waals surface area contributed by atoms with Crippen LogP contribution < -0.4 is 9.47 Å². The molecule has 6 nitrogen and oxygen atoms in total. The molecule has 0 heterocycles. The SMILES string of the molecule is C=C(C)C(=O)OCCC(=O)Oc1ccc(-c2ccc(OC(=O)C(=C)C)c(F)c2)cc1. The number of esters is 3. The van der Waals surface area contributed by atoms with E-state index in [4.69, 9.17) is 14.2 Å². The van der Waals surface area contributed by atoms with Gasteiger partial charge in [-0.3, -0.25) is 4.79 Å². The lowest BCUT2D eigenvalue weighted by Crippen LogP contribution is -2.14. The highest BCUT2D eigenvalue weighted by Gasteiger charge is 2.12. The molecule has 0 atom stereocenters. The van der Waals surface area contributed by atoms with E-state index in [0.717, 1.165) is 0 Å². The van der Waals surface area contributed by atoms with Gasteiger partial charge >= 0.3 is 17.9 Å². The second-order valence-corrected chi connectivity index (χ2v) is 6.48. The standard InChI is InChI=1S/C23H21FO6/c1-14(2)22(26)28-12-11-21(25)29-18-8-5-16(6-9-18)17-7-10-20(19(24)13-17)30-23(27)15(3)4/h5-10,13H,1,3,11-12H2,2,4H3. The van der Waals surface area contributed by atoms with Crippen LogP contribution in [-0.2, 0) is 19.1 Å². The molecule has 0 aliphatic heterocycles. The highest BCUT2D eigenvalue weighted by atomic mass is 19.1. The summed E-state index contributed by atoms with van der Waals surface area (Å²) in [5, 5.41) is 0. The number of hydrogen-bond acceptors (Lipinski definition) is 6. The normalized spacial score (nSPS) is 10.1. The van der Waals surface area contributed by atoms with Crippen LogP contribution in [-0.4, -0.2) is 24.5 Å². The third-order valence-electron chi connectivity index (χ3n) is 3.79. The van der Waals surface area contributed by atoms with Crippen LogP contribution in [0.25, 0.3) is 11.1 Å². The molecule has 0 fully saturated rings. The van der Waals surface area contributed by atoms with Crippen molar-refractivity contribution in [2.45, 2.75) is 20.3 Å². The minimum Gasteiger partial charge on any atom is -0.462 e. The van der Waals surface area contributed by atoms with Crippen molar-refractivity contribution in [3.05, 3.63) is 72.6 Å². The summed E-state index contributed by atoms with van der Waals surface area (Å²) in [4.78, 5) is 34.6. The Morgan fingerprint density at radius 2 is 1.47 bits per heavy atom. The van der Waals surface area contributed by atoms with Gasteiger partial charge < -0.3 is 14.2 Å². The summed E-state index contributed by atoms with van der Waals surface area (Å²) in [5.74, 6) is -2.43. The summed E-state index contributed by atoms with van der Waals surface area (Å²) in [7, 11) is 0. The molecule has 7 heteroatoms. The van der Waals surface area contributed by atoms with Gasteiger partial charge in [0.25, 0.3) is 0 Å². The molecule has 0 spiro atoms. The van der Waals surface area contributed by atoms with Gasteiger partial charge in [0.1, 0.15) is 12.4 Å². The second kappa shape index (κ2) is 10.2. The van der Waals surface area contributed by atoms with Crippen molar-refractivity contribution in [2.75, 3.05) is 6.61 Å². The van der Waals surface area contributed by atoms with Crippen LogP contribution in [0.3, 0.4) is 0 Å². The summed E-state index contributed by atoms with van der Waals surface area (Å²) < 4.78 is 29.1. The molecular weight excluding hydrogens is 391 g/mol. The Morgan fingerprint density at radius 3 is 2.03 bits per heavy atom. The molecule has 0 aliphatic rings. The van der Waals surface area contributed by atoms with Gasteiger partial charge in [-0.05, 0) is 49.2 Å². The molecule has 2 rings (SSSR count). The lowest BCUT2D eigenvalue weighted by atomic mass is 10.1. The maximum atomic E-state index is 14.2. The number of ether oxygens (including phenoxy) is 3. The van der Waals surface area contributed by atoms with Crippen molar-refractivity contribution in [1.29, 1.82) is 0 Å². The maximum Gasteiger partial charge on any atom is 0.338 e. The van der Waals surface area contributed by atoms with Gasteiger partial charge in [-0.25, -0.2) is 14.0 Å². The lowest BCUT2D eigenvalue weighted by molar-refractivity contribution is -0.142. The van der Waals surface area contributed by atoms with E-state index in [0.29, 0.717) is 16.9 Å². The third kappa shape index (κ3) is 6.41. The molecular formula is C23H21FO6. The summed E-state index contributed by atoms with van der Waals surface area (Å²) in [6, 6.07) is 10.6. The average molecular weight is 412 g/mol. The molecule has 0 saturated heterocycles. The molecule has 0 unspecified atom stereocenters. The quantitative estimate of drug-likeness (QED) is 0.364. The Hall–Kier alpha value is -3.74. The summed E-state index contributed by atoms with van der Waals surface area (Å²) in [6.45, 7) is 9.76. The molecule has 0 saturated carbocycles. The largest absolute Gasteiger partial charge is 0.462 e. The highest BCUT2D eigenvalue weighted by molar-refractivity contribution is 5.89. The van der Waals surface area contributed by atoms with Crippen molar-refractivity contribution >= 4 is 17.9 Å². The first-order valence-electron chi connectivity index (χ1n) is 8.98. The van der Waals surface area contributed by atoms with E-state index in [1.54, 1.807) is 30.3 Å². The molecule has 0 amide bonds. The molecule has 156 valence electrons. The molecule has 0 aliphatic carbocycles. The summed E-state index contributed by atoms with van der Waals surface area (Å²) in [6.07, 6.45) is -0.101. The van der Waals surface area contributed by atoms with E-state index in [2.05, 4.69) is 13.2 Å². The van der Waals surface area contributed by atoms with E-state index in [9.17, 15) is 18.8 Å². The molecule has 2 aromatic rings. The topological polar surface area (TPSA) is 78.9 Å². The Kier molecular flexibility index (Phi) is 7.63. The molecule has 0 N–H and O–H groups in total. The van der Waals surface area contributed by atoms with Crippen molar-refractivity contribution in [3.8, 4) is 22.6 Å². The molecule has 0 aromatic heterocycles. The van der Waals surface area contributed by atoms with Gasteiger partial charge in [-0.1, -0.05) is 31.4 Å². The third-order valence-corrected chi connectivity index (χ3v) is 3.79. The fourth-order valence-corrected chi connectivity index (χ4v) is 2.20. The minimum atomic E-state index is -0.706. The summed E-state index contributed by atoms with van der Waals surface area (Å²) in [5.41, 5.74) is 1.63. The zero-order valence-corrected chi connectivity index (χ0v) is 16.7. The van der Waals surface area contributed by atoms with Gasteiger partial charge in [0.05, 0.1) is 6.42 Å². The number of carbonyl (C=O) groups is 3. The predicted octanol–water partition coefficient (Wildman–Crippen LogP) is 4.39. The van der Waals surface area contributed by atoms with Crippen LogP contribution in [0.2, 0.25) is 0 Å². The monoisotopic (exact) mass is 412 g/mol. The predicted molar refractivity (Wildman–Crippen MR) is 108 cm³/mol. The molecule has 0 radical (unpaired) electrons. The van der Waals surface area contributed by atoms with E-state index in [-0.39, 0.29) is 29.9 Å². The second-order valence-electron chi connectivity index (χ2n) is 6.48. The van der Waals surface area contributed by atoms with Crippen molar-refractivity contribution in [1.82, 2.24) is 0 Å². The smallest absolute Gasteiger partial charge is 0.338 e. The first kappa shape index (κ1) is 22.5. The first-order valence-corrected chi connectivity index (χ1v) is 8.98. The van der Waals surface area contributed by atoms with E-state index in [1.165, 1.54) is 26.0 Å². The fourth-order valence-electron chi connectivity index (χ4n) is 2.20. The number of hydrogen-bond donors (Lipinski definition) is 0. The number of benzene rings is 2. The van der Waals surface area contributed by atoms with Gasteiger partial charge in [-0.15, -0.1) is 0 Å². The van der Waals surface area contributed by atoms with Crippen LogP contribution in [0.5, 0.6) is 11.5 Å². The van der Waals surface area contributed by atoms with Crippen LogP contribution in [0.4, 0.5) is 4.39 Å². The summed E-state index contributed by atoms with van der Waals surface area (Å²) >= 11 is 0. The van der Waals surface area contributed by atoms with E-state index in [1.807, 2.05) is 0 Å². The number of carbonyl (C=O) groups excluding carboxylic acids is 3. The maximum absolute atomic E-state index is 14.2. The molecule has 2 aromatic carbocycles. The minimum absolute atomic E-state index is 0.101. The lowest BCUT2D eigenvalue weighted by Gasteiger charge is -2.09. The average Bonchev–Trinajstić information content (AvgIpc) is 2.69. The highest BCUT2D eigenvalue weighted by Crippen LogP contribution is 2.27.